The molecule has 6 aromatic rings. The van der Waals surface area contributed by atoms with Gasteiger partial charge in [0.15, 0.2) is 0 Å². The highest BCUT2D eigenvalue weighted by molar-refractivity contribution is 5.98. The largest absolute Gasteiger partial charge is 0.506 e. The Morgan fingerprint density at radius 3 is 1.76 bits per heavy atom. The Balaban J connectivity index is 0.000000177. The number of fused-ring (bicyclic) bond motifs is 3. The lowest BCUT2D eigenvalue weighted by Gasteiger charge is -2.07. The van der Waals surface area contributed by atoms with Gasteiger partial charge < -0.3 is 50.7 Å². The smallest absolute Gasteiger partial charge is 0.320 e. The number of non-ortho nitro benzene ring substituents is 1. The molecule has 6 rings (SSSR count). The maximum atomic E-state index is 11.2. The lowest BCUT2D eigenvalue weighted by atomic mass is 10.0. The SMILES string of the molecule is Cc1c(CC(N)C(=O)O)c2c([N+](=O)[O-])ccc(O)c2n1C.Cc1c(CC(N)C(=O)O)c2cccc(O)c2n1C.Cc1cc2cccc(O)c2n1C. The first kappa shape index (κ1) is 37.8. The number of aromatic nitrogens is 3. The molecule has 51 heavy (non-hydrogen) atoms. The van der Waals surface area contributed by atoms with Crippen LogP contribution >= 0.6 is 0 Å². The summed E-state index contributed by atoms with van der Waals surface area (Å²) in [6, 6.07) is 13.2. The van der Waals surface area contributed by atoms with E-state index in [1.54, 1.807) is 36.7 Å². The minimum Gasteiger partial charge on any atom is -0.506 e. The van der Waals surface area contributed by atoms with Crippen molar-refractivity contribution in [3.05, 3.63) is 92.9 Å². The molecule has 0 amide bonds. The minimum absolute atomic E-state index is 0.0528. The monoisotopic (exact) mass is 702 g/mol. The average Bonchev–Trinajstić information content (AvgIpc) is 3.60. The van der Waals surface area contributed by atoms with Crippen LogP contribution < -0.4 is 11.5 Å². The second-order valence-electron chi connectivity index (χ2n) is 12.4. The zero-order chi connectivity index (χ0) is 38.1. The molecular weight excluding hydrogens is 660 g/mol. The van der Waals surface area contributed by atoms with Crippen molar-refractivity contribution in [1.29, 1.82) is 0 Å². The topological polar surface area (TPSA) is 245 Å². The third kappa shape index (κ3) is 7.29. The average molecular weight is 703 g/mol. The number of benzene rings is 3. The van der Waals surface area contributed by atoms with Gasteiger partial charge in [-0.2, -0.15) is 0 Å². The summed E-state index contributed by atoms with van der Waals surface area (Å²) in [6.45, 7) is 5.62. The molecule has 15 nitrogen and oxygen atoms in total. The van der Waals surface area contributed by atoms with E-state index in [2.05, 4.69) is 6.07 Å². The van der Waals surface area contributed by atoms with Crippen molar-refractivity contribution in [1.82, 2.24) is 13.7 Å². The number of hydrogen-bond donors (Lipinski definition) is 7. The minimum atomic E-state index is -1.19. The van der Waals surface area contributed by atoms with Gasteiger partial charge in [-0.3, -0.25) is 19.7 Å². The molecule has 0 spiro atoms. The summed E-state index contributed by atoms with van der Waals surface area (Å²) in [5, 5.41) is 60.5. The van der Waals surface area contributed by atoms with Gasteiger partial charge in [0.05, 0.1) is 26.9 Å². The van der Waals surface area contributed by atoms with Crippen LogP contribution in [0.25, 0.3) is 32.7 Å². The molecule has 0 aliphatic carbocycles. The van der Waals surface area contributed by atoms with Crippen LogP contribution in [0.1, 0.15) is 28.2 Å². The standard InChI is InChI=1S/C13H15N3O5.C13H16N2O3.C10H11NO/c1-6-7(5-8(14)13(18)19)11-9(16(20)21)3-4-10(17)12(11)15(6)2;1-7-9(6-10(14)13(17)18)8-4-3-5-11(16)12(8)15(7)2;1-7-6-8-4-3-5-9(12)10(8)11(7)2/h3-4,8,17H,5,14H2,1-2H3,(H,18,19);3-5,10,16H,6,14H2,1-2H3,(H,17,18);3-6,12H,1-2H3. The molecule has 270 valence electrons. The molecule has 0 saturated heterocycles. The zero-order valence-electron chi connectivity index (χ0n) is 29.1. The highest BCUT2D eigenvalue weighted by Gasteiger charge is 2.26. The summed E-state index contributed by atoms with van der Waals surface area (Å²) in [5.41, 5.74) is 16.9. The van der Waals surface area contributed by atoms with E-state index >= 15 is 0 Å². The van der Waals surface area contributed by atoms with Crippen molar-refractivity contribution in [2.75, 3.05) is 0 Å². The number of aromatic hydroxyl groups is 3. The van der Waals surface area contributed by atoms with Crippen LogP contribution in [0.2, 0.25) is 0 Å². The first-order chi connectivity index (χ1) is 23.9. The summed E-state index contributed by atoms with van der Waals surface area (Å²) < 4.78 is 5.45. The number of nitro benzene ring substituents is 1. The Bertz CT molecular complexity index is 2300. The fourth-order valence-corrected chi connectivity index (χ4v) is 6.25. The summed E-state index contributed by atoms with van der Waals surface area (Å²) in [6.07, 6.45) is 0.199. The Hall–Kier alpha value is -6.06. The van der Waals surface area contributed by atoms with Crippen molar-refractivity contribution in [3.63, 3.8) is 0 Å². The van der Waals surface area contributed by atoms with Crippen molar-refractivity contribution in [3.8, 4) is 17.2 Å². The van der Waals surface area contributed by atoms with E-state index in [0.29, 0.717) is 28.0 Å². The number of carboxylic acids is 2. The number of rotatable bonds is 7. The van der Waals surface area contributed by atoms with Crippen LogP contribution in [0.3, 0.4) is 0 Å². The van der Waals surface area contributed by atoms with E-state index in [9.17, 15) is 35.0 Å². The molecule has 2 atom stereocenters. The van der Waals surface area contributed by atoms with E-state index in [4.69, 9.17) is 21.7 Å². The number of nitro groups is 1. The van der Waals surface area contributed by atoms with Crippen molar-refractivity contribution < 1.29 is 40.0 Å². The predicted octanol–water partition coefficient (Wildman–Crippen LogP) is 4.39. The first-order valence-electron chi connectivity index (χ1n) is 15.8. The van der Waals surface area contributed by atoms with E-state index in [1.807, 2.05) is 55.3 Å². The number of carboxylic acid groups (broad SMARTS) is 2. The molecule has 3 aromatic carbocycles. The third-order valence-electron chi connectivity index (χ3n) is 9.28. The van der Waals surface area contributed by atoms with Gasteiger partial charge in [0.1, 0.15) is 29.3 Å². The van der Waals surface area contributed by atoms with Crippen LogP contribution in [0.15, 0.2) is 54.6 Å². The number of phenols is 3. The van der Waals surface area contributed by atoms with E-state index in [0.717, 1.165) is 33.2 Å². The fourth-order valence-electron chi connectivity index (χ4n) is 6.25. The lowest BCUT2D eigenvalue weighted by Crippen LogP contribution is -2.32. The fraction of sp³-hybridized carbons (Fsp3) is 0.278. The Kier molecular flexibility index (Phi) is 11.0. The third-order valence-corrected chi connectivity index (χ3v) is 9.28. The van der Waals surface area contributed by atoms with E-state index in [1.165, 1.54) is 12.1 Å². The number of hydrogen-bond acceptors (Lipinski definition) is 9. The molecule has 15 heteroatoms. The maximum Gasteiger partial charge on any atom is 0.320 e. The Morgan fingerprint density at radius 2 is 1.22 bits per heavy atom. The van der Waals surface area contributed by atoms with Gasteiger partial charge >= 0.3 is 11.9 Å². The zero-order valence-corrected chi connectivity index (χ0v) is 29.1. The number of nitrogens with two attached hydrogens (primary N) is 2. The molecule has 0 fully saturated rings. The van der Waals surface area contributed by atoms with Crippen molar-refractivity contribution in [2.45, 2.75) is 45.7 Å². The summed E-state index contributed by atoms with van der Waals surface area (Å²) in [4.78, 5) is 32.4. The van der Waals surface area contributed by atoms with Crippen LogP contribution in [0.4, 0.5) is 5.69 Å². The van der Waals surface area contributed by atoms with Gasteiger partial charge in [0.2, 0.25) is 0 Å². The van der Waals surface area contributed by atoms with Crippen molar-refractivity contribution in [2.24, 2.45) is 32.6 Å². The molecular formula is C36H42N6O9. The molecule has 3 aromatic heterocycles. The summed E-state index contributed by atoms with van der Waals surface area (Å²) >= 11 is 0. The molecule has 0 aliphatic rings. The number of aliphatic carboxylic acids is 2. The number of para-hydroxylation sites is 2. The summed E-state index contributed by atoms with van der Waals surface area (Å²) in [7, 11) is 5.45. The molecule has 0 bridgehead atoms. The summed E-state index contributed by atoms with van der Waals surface area (Å²) in [5.74, 6) is -1.77. The van der Waals surface area contributed by atoms with Gasteiger partial charge in [-0.25, -0.2) is 0 Å². The van der Waals surface area contributed by atoms with Crippen LogP contribution in [-0.4, -0.2) is 68.2 Å². The molecule has 9 N–H and O–H groups in total. The normalized spacial score (nSPS) is 12.2. The highest BCUT2D eigenvalue weighted by Crippen LogP contribution is 2.38. The van der Waals surface area contributed by atoms with Crippen LogP contribution in [-0.2, 0) is 43.6 Å². The van der Waals surface area contributed by atoms with Gasteiger partial charge in [-0.15, -0.1) is 0 Å². The highest BCUT2D eigenvalue weighted by atomic mass is 16.6. The van der Waals surface area contributed by atoms with Crippen LogP contribution in [0, 0.1) is 30.9 Å². The van der Waals surface area contributed by atoms with E-state index < -0.39 is 28.9 Å². The molecule has 2 unspecified atom stereocenters. The van der Waals surface area contributed by atoms with Gasteiger partial charge in [0.25, 0.3) is 5.69 Å². The first-order valence-corrected chi connectivity index (χ1v) is 15.8. The number of phenolic OH excluding ortho intramolecular Hbond substituents is 3. The number of aryl methyl sites for hydroxylation is 4. The molecule has 0 aliphatic heterocycles. The quantitative estimate of drug-likeness (QED) is 0.0908. The van der Waals surface area contributed by atoms with Gasteiger partial charge in [-0.05, 0) is 56.2 Å². The molecule has 0 saturated carbocycles. The van der Waals surface area contributed by atoms with E-state index in [-0.39, 0.29) is 35.4 Å². The number of carbonyl (C=O) groups is 2. The second kappa shape index (κ2) is 14.8. The second-order valence-corrected chi connectivity index (χ2v) is 12.4. The number of nitrogens with zero attached hydrogens (tertiary/aromatic N) is 4. The maximum absolute atomic E-state index is 11.2. The lowest BCUT2D eigenvalue weighted by molar-refractivity contribution is -0.383. The molecule has 3 heterocycles. The van der Waals surface area contributed by atoms with Crippen molar-refractivity contribution >= 4 is 50.3 Å². The van der Waals surface area contributed by atoms with Gasteiger partial charge in [-0.1, -0.05) is 24.3 Å². The predicted molar refractivity (Wildman–Crippen MR) is 193 cm³/mol. The Morgan fingerprint density at radius 1 is 0.725 bits per heavy atom. The van der Waals surface area contributed by atoms with Gasteiger partial charge in [0, 0.05) is 67.9 Å². The Labute approximate surface area is 292 Å². The van der Waals surface area contributed by atoms with Crippen LogP contribution in [0.5, 0.6) is 17.2 Å². The molecule has 0 radical (unpaired) electrons.